The van der Waals surface area contributed by atoms with Crippen LogP contribution in [0.5, 0.6) is 0 Å². The molecule has 8 aromatic rings. The largest absolute Gasteiger partial charge is 2.00 e. The van der Waals surface area contributed by atoms with Crippen molar-refractivity contribution in [2.45, 2.75) is 119 Å². The van der Waals surface area contributed by atoms with Gasteiger partial charge in [-0.15, -0.1) is 22.8 Å². The molecule has 0 unspecified atom stereocenters. The Labute approximate surface area is 511 Å². The van der Waals surface area contributed by atoms with Crippen LogP contribution in [0, 0.1) is 0 Å². The van der Waals surface area contributed by atoms with Gasteiger partial charge >= 0.3 is 34.1 Å². The summed E-state index contributed by atoms with van der Waals surface area (Å²) in [6.45, 7) is 25.9. The van der Waals surface area contributed by atoms with E-state index < -0.39 is 12.1 Å². The number of hydrogen-bond acceptors (Lipinski definition) is 4. The number of hydrogen-bond donors (Lipinski definition) is 0. The number of rotatable bonds is 19. The first-order chi connectivity index (χ1) is 38.5. The molecule has 0 N–H and O–H groups in total. The summed E-state index contributed by atoms with van der Waals surface area (Å²) in [5, 5.41) is 30.2. The van der Waals surface area contributed by atoms with E-state index in [9.17, 15) is 10.8 Å². The summed E-state index contributed by atoms with van der Waals surface area (Å²) in [7, 11) is 0. The van der Waals surface area contributed by atoms with Gasteiger partial charge in [-0.25, -0.2) is 0 Å². The molecule has 2 atom stereocenters. The third-order valence-corrected chi connectivity index (χ3v) is 13.3. The fourth-order valence-corrected chi connectivity index (χ4v) is 9.23. The second kappa shape index (κ2) is 34.0. The summed E-state index contributed by atoms with van der Waals surface area (Å²) in [4.78, 5) is 20.2. The predicted molar refractivity (Wildman–Crippen MR) is 342 cm³/mol. The smallest absolute Gasteiger partial charge is 0.803 e. The molecule has 0 saturated carbocycles. The molecule has 0 spiro atoms. The molecule has 0 bridgehead atoms. The van der Waals surface area contributed by atoms with E-state index in [0.29, 0.717) is 35.1 Å². The van der Waals surface area contributed by atoms with Crippen molar-refractivity contribution in [3.8, 4) is 0 Å². The molecular weight excluding hydrogens is 1090 g/mol. The Balaban J connectivity index is 0.000000387. The minimum atomic E-state index is -0.427. The number of nitrogens with zero attached hydrogens (tertiary/aromatic N) is 8. The standard InChI is InChI=1S/C46H58N6.2C13H10N.2Fe/c1-29(2)37-19-17-20-38(30(3)4)43(37)49-33(9)27-35(11)51-45(41-23-13-15-25-47-41)46(42-24-14-16-26-48-42)52-36(12)28-34(10)50-44-39(31(5)6)21-18-22-40(44)32(7)8;2*14-13(11-7-3-1-4-8-11)12-9-5-2-6-10-12;;/h13-32,45-46H,1-12H3;2*1-10H;;/q-2;2*-1;2*+2/b33-27-,34-28-,51-35?,52-36?;;;;/t45-,46+;;;;. The van der Waals surface area contributed by atoms with Gasteiger partial charge in [0.15, 0.2) is 0 Å². The van der Waals surface area contributed by atoms with Crippen molar-refractivity contribution in [3.05, 3.63) is 307 Å². The van der Waals surface area contributed by atoms with Crippen LogP contribution in [0.1, 0.15) is 175 Å². The zero-order valence-electron chi connectivity index (χ0n) is 49.5. The van der Waals surface area contributed by atoms with Crippen molar-refractivity contribution < 1.29 is 34.1 Å². The van der Waals surface area contributed by atoms with Crippen molar-refractivity contribution in [3.63, 3.8) is 0 Å². The minimum Gasteiger partial charge on any atom is -0.803 e. The van der Waals surface area contributed by atoms with Crippen molar-refractivity contribution in [1.29, 1.82) is 0 Å². The number of pyridine rings is 2. The van der Waals surface area contributed by atoms with Gasteiger partial charge in [-0.2, -0.15) is 11.4 Å². The van der Waals surface area contributed by atoms with Gasteiger partial charge in [0.25, 0.3) is 0 Å². The van der Waals surface area contributed by atoms with E-state index in [0.717, 1.165) is 67.8 Å². The monoisotopic (exact) mass is 1170 g/mol. The van der Waals surface area contributed by atoms with E-state index in [1.165, 1.54) is 22.3 Å². The van der Waals surface area contributed by atoms with Gasteiger partial charge in [-0.05, 0) is 84.0 Å². The Morgan fingerprint density at radius 1 is 0.366 bits per heavy atom. The molecule has 8 nitrogen and oxygen atoms in total. The molecule has 82 heavy (non-hydrogen) atoms. The fourth-order valence-electron chi connectivity index (χ4n) is 9.23. The molecule has 422 valence electrons. The van der Waals surface area contributed by atoms with Crippen molar-refractivity contribution >= 4 is 34.2 Å². The van der Waals surface area contributed by atoms with Crippen LogP contribution in [0.3, 0.4) is 0 Å². The number of aromatic nitrogens is 2. The van der Waals surface area contributed by atoms with Crippen LogP contribution >= 0.6 is 0 Å². The van der Waals surface area contributed by atoms with Crippen molar-refractivity contribution in [2.75, 3.05) is 0 Å². The average molecular weight is 1170 g/mol. The summed E-state index contributed by atoms with van der Waals surface area (Å²) in [5.74, 6) is 1.45. The van der Waals surface area contributed by atoms with Gasteiger partial charge in [-0.1, -0.05) is 274 Å². The molecular formula is C72H78Fe2N8. The first kappa shape index (κ1) is 66.9. The van der Waals surface area contributed by atoms with Gasteiger partial charge < -0.3 is 21.5 Å². The Morgan fingerprint density at radius 2 is 0.622 bits per heavy atom. The van der Waals surface area contributed by atoms with Gasteiger partial charge in [0, 0.05) is 23.8 Å². The first-order valence-electron chi connectivity index (χ1n) is 27.8. The van der Waals surface area contributed by atoms with Crippen LogP contribution in [0.2, 0.25) is 0 Å². The summed E-state index contributed by atoms with van der Waals surface area (Å²) in [5.41, 5.74) is 16.3. The maximum atomic E-state index is 9.91. The maximum Gasteiger partial charge on any atom is 2.00 e. The Bertz CT molecular complexity index is 2980. The van der Waals surface area contributed by atoms with E-state index in [2.05, 4.69) is 104 Å². The van der Waals surface area contributed by atoms with Crippen LogP contribution in [-0.2, 0) is 34.1 Å². The van der Waals surface area contributed by atoms with Crippen molar-refractivity contribution in [1.82, 2.24) is 9.97 Å². The third-order valence-electron chi connectivity index (χ3n) is 13.3. The second-order valence-corrected chi connectivity index (χ2v) is 21.1. The van der Waals surface area contributed by atoms with E-state index in [4.69, 9.17) is 30.6 Å². The van der Waals surface area contributed by atoms with Gasteiger partial charge in [-0.3, -0.25) is 20.0 Å². The van der Waals surface area contributed by atoms with Crippen LogP contribution in [-0.4, -0.2) is 32.8 Å². The molecule has 6 aromatic carbocycles. The molecule has 0 radical (unpaired) electrons. The van der Waals surface area contributed by atoms with E-state index in [-0.39, 0.29) is 34.1 Å². The fraction of sp³-hybridized carbons (Fsp3) is 0.250. The minimum absolute atomic E-state index is 0. The summed E-state index contributed by atoms with van der Waals surface area (Å²) in [6, 6.07) is 62.2. The molecule has 0 aliphatic rings. The van der Waals surface area contributed by atoms with E-state index >= 15 is 0 Å². The van der Waals surface area contributed by atoms with Crippen LogP contribution < -0.4 is 0 Å². The third kappa shape index (κ3) is 19.8. The zero-order valence-corrected chi connectivity index (χ0v) is 51.7. The quantitative estimate of drug-likeness (QED) is 0.0591. The Hall–Kier alpha value is -7.58. The molecule has 0 fully saturated rings. The Kier molecular flexibility index (Phi) is 27.8. The number of para-hydroxylation sites is 2. The van der Waals surface area contributed by atoms with Gasteiger partial charge in [0.1, 0.15) is 12.1 Å². The molecule has 2 aromatic heterocycles. The molecule has 0 saturated heterocycles. The van der Waals surface area contributed by atoms with Crippen LogP contribution in [0.15, 0.2) is 240 Å². The number of allylic oxidation sites excluding steroid dienone is 4. The normalized spacial score (nSPS) is 12.4. The predicted octanol–water partition coefficient (Wildman–Crippen LogP) is 20.1. The molecule has 0 aliphatic heterocycles. The number of aliphatic imine (C=N–C) groups is 2. The van der Waals surface area contributed by atoms with Gasteiger partial charge in [0.05, 0.1) is 11.4 Å². The van der Waals surface area contributed by atoms with E-state index in [1.807, 2.05) is 198 Å². The average Bonchev–Trinajstić information content (AvgIpc) is 3.52. The first-order valence-corrected chi connectivity index (χ1v) is 27.8. The van der Waals surface area contributed by atoms with E-state index in [1.54, 1.807) is 0 Å². The van der Waals surface area contributed by atoms with Crippen molar-refractivity contribution in [2.24, 2.45) is 9.98 Å². The SMILES string of the molecule is CC(/C=C(/C)[N-]c1c(C(C)C)cccc1C(C)C)=N[C@H](c1ccccn1)[C@@H](N=C(C)/C=C(/C)[N-]c1c(C(C)C)cccc1C(C)C)c1ccccn1.[Fe+2].[Fe+2].[N-]=C(c1ccccc1)c1ccccc1.[N-]=C(c1ccccc1)c1ccccc1. The molecule has 0 amide bonds. The molecule has 2 heterocycles. The summed E-state index contributed by atoms with van der Waals surface area (Å²) >= 11 is 0. The van der Waals surface area contributed by atoms with Crippen LogP contribution in [0.4, 0.5) is 11.4 Å². The molecule has 8 rings (SSSR count). The Morgan fingerprint density at radius 3 is 0.854 bits per heavy atom. The maximum absolute atomic E-state index is 9.91. The van der Waals surface area contributed by atoms with Crippen LogP contribution in [0.25, 0.3) is 21.5 Å². The summed E-state index contributed by atoms with van der Waals surface area (Å²) in [6.07, 6.45) is 7.75. The zero-order chi connectivity index (χ0) is 57.6. The topological polar surface area (TPSA) is 123 Å². The molecule has 10 heteroatoms. The second-order valence-electron chi connectivity index (χ2n) is 21.1. The molecule has 0 aliphatic carbocycles. The van der Waals surface area contributed by atoms with Gasteiger partial charge in [0.2, 0.25) is 0 Å². The number of benzene rings is 6. The summed E-state index contributed by atoms with van der Waals surface area (Å²) < 4.78 is 0.